The first kappa shape index (κ1) is 21.6. The highest BCUT2D eigenvalue weighted by Crippen LogP contribution is 2.25. The van der Waals surface area contributed by atoms with Crippen LogP contribution in [0.5, 0.6) is 5.75 Å². The molecule has 0 N–H and O–H groups in total. The van der Waals surface area contributed by atoms with Crippen molar-refractivity contribution < 1.29 is 23.1 Å². The predicted octanol–water partition coefficient (Wildman–Crippen LogP) is 5.08. The number of ketones is 1. The summed E-state index contributed by atoms with van der Waals surface area (Å²) < 4.78 is 35.0. The Kier molecular flexibility index (Phi) is 6.92. The van der Waals surface area contributed by atoms with Crippen molar-refractivity contribution in [3.8, 4) is 5.75 Å². The van der Waals surface area contributed by atoms with Gasteiger partial charge in [0.15, 0.2) is 17.2 Å². The number of Topliss-reactive ketones (excluding diaryl/α,β-unsaturated/α-hetero) is 1. The third-order valence-electron chi connectivity index (χ3n) is 5.05. The van der Waals surface area contributed by atoms with Gasteiger partial charge in [0, 0.05) is 18.5 Å². The lowest BCUT2D eigenvalue weighted by Crippen LogP contribution is -2.13. The number of fused-ring (bicyclic) bond motifs is 1. The largest absolute Gasteiger partial charge is 0.485 e. The fourth-order valence-electron chi connectivity index (χ4n) is 3.44. The summed E-state index contributed by atoms with van der Waals surface area (Å²) in [5.41, 5.74) is 1.10. The molecule has 3 rings (SSSR count). The number of rotatable bonds is 10. The summed E-state index contributed by atoms with van der Waals surface area (Å²) in [5.74, 6) is -1.58. The van der Waals surface area contributed by atoms with E-state index < -0.39 is 11.6 Å². The number of aldehydes is 1. The molecule has 0 unspecified atom stereocenters. The summed E-state index contributed by atoms with van der Waals surface area (Å²) in [6.45, 7) is 3.44. The number of imidazole rings is 1. The van der Waals surface area contributed by atoms with Crippen molar-refractivity contribution >= 4 is 17.7 Å². The zero-order valence-electron chi connectivity index (χ0n) is 17.0. The fourth-order valence-corrected chi connectivity index (χ4v) is 3.44. The lowest BCUT2D eigenvalue weighted by molar-refractivity contribution is -0.111. The van der Waals surface area contributed by atoms with Gasteiger partial charge in [0.1, 0.15) is 30.2 Å². The molecule has 0 saturated carbocycles. The molecule has 2 heterocycles. The lowest BCUT2D eigenvalue weighted by atomic mass is 9.96. The van der Waals surface area contributed by atoms with Gasteiger partial charge in [0.05, 0.1) is 11.3 Å². The molecule has 0 radical (unpaired) electrons. The summed E-state index contributed by atoms with van der Waals surface area (Å²) in [4.78, 5) is 28.7. The molecule has 0 fully saturated rings. The monoisotopic (exact) mass is 414 g/mol. The Balaban J connectivity index is 1.86. The van der Waals surface area contributed by atoms with Gasteiger partial charge in [-0.2, -0.15) is 0 Å². The van der Waals surface area contributed by atoms with E-state index in [0.717, 1.165) is 19.1 Å². The number of ether oxygens (including phenoxy) is 1. The smallest absolute Gasteiger partial charge is 0.182 e. The first-order valence-electron chi connectivity index (χ1n) is 9.98. The van der Waals surface area contributed by atoms with Crippen LogP contribution in [0.25, 0.3) is 5.65 Å². The van der Waals surface area contributed by atoms with Crippen LogP contribution in [0.4, 0.5) is 8.78 Å². The van der Waals surface area contributed by atoms with Gasteiger partial charge in [0.2, 0.25) is 0 Å². The Bertz CT molecular complexity index is 1040. The number of halogens is 2. The van der Waals surface area contributed by atoms with Crippen molar-refractivity contribution in [3.63, 3.8) is 0 Å². The van der Waals surface area contributed by atoms with E-state index in [1.54, 1.807) is 29.7 Å². The number of aryl methyl sites for hydroxylation is 1. The van der Waals surface area contributed by atoms with Crippen LogP contribution in [0.1, 0.15) is 54.4 Å². The maximum absolute atomic E-state index is 13.9. The minimum absolute atomic E-state index is 0.115. The van der Waals surface area contributed by atoms with Gasteiger partial charge in [0.25, 0.3) is 0 Å². The summed E-state index contributed by atoms with van der Waals surface area (Å²) in [7, 11) is 0. The zero-order chi connectivity index (χ0) is 21.7. The molecule has 0 spiro atoms. The van der Waals surface area contributed by atoms with E-state index in [0.29, 0.717) is 29.2 Å². The number of benzene rings is 1. The second-order valence-electron chi connectivity index (χ2n) is 7.27. The van der Waals surface area contributed by atoms with E-state index in [1.165, 1.54) is 18.2 Å². The second-order valence-corrected chi connectivity index (χ2v) is 7.27. The molecule has 1 atom stereocenters. The number of carbonyl (C=O) groups is 2. The molecular formula is C23H24F2N2O3. The van der Waals surface area contributed by atoms with E-state index in [9.17, 15) is 18.4 Å². The Morgan fingerprint density at radius 2 is 1.97 bits per heavy atom. The number of pyridine rings is 1. The van der Waals surface area contributed by atoms with Crippen LogP contribution in [0, 0.1) is 24.5 Å². The number of hydrogen-bond acceptors (Lipinski definition) is 4. The van der Waals surface area contributed by atoms with Crippen molar-refractivity contribution in [3.05, 3.63) is 65.1 Å². The normalized spacial score (nSPS) is 12.1. The maximum atomic E-state index is 13.9. The first-order chi connectivity index (χ1) is 14.5. The molecule has 0 saturated heterocycles. The van der Waals surface area contributed by atoms with Crippen molar-refractivity contribution in [2.75, 3.05) is 0 Å². The van der Waals surface area contributed by atoms with Crippen LogP contribution in [0.15, 0.2) is 36.5 Å². The molecule has 0 amide bonds. The quantitative estimate of drug-likeness (QED) is 0.343. The lowest BCUT2D eigenvalue weighted by Gasteiger charge is -2.11. The van der Waals surface area contributed by atoms with Crippen LogP contribution < -0.4 is 4.74 Å². The molecule has 158 valence electrons. The van der Waals surface area contributed by atoms with Crippen LogP contribution >= 0.6 is 0 Å². The Hall–Kier alpha value is -3.09. The van der Waals surface area contributed by atoms with Gasteiger partial charge in [-0.1, -0.05) is 25.8 Å². The molecule has 30 heavy (non-hydrogen) atoms. The van der Waals surface area contributed by atoms with Gasteiger partial charge in [-0.25, -0.2) is 13.8 Å². The first-order valence-corrected chi connectivity index (χ1v) is 9.98. The van der Waals surface area contributed by atoms with Gasteiger partial charge in [-0.05, 0) is 37.6 Å². The average molecular weight is 414 g/mol. The maximum Gasteiger partial charge on any atom is 0.182 e. The average Bonchev–Trinajstić information content (AvgIpc) is 3.07. The molecular weight excluding hydrogens is 390 g/mol. The highest BCUT2D eigenvalue weighted by molar-refractivity contribution is 5.97. The van der Waals surface area contributed by atoms with Crippen molar-refractivity contribution in [1.82, 2.24) is 9.38 Å². The number of unbranched alkanes of at least 4 members (excludes halogenated alkanes) is 1. The SMILES string of the molecule is CCCC[C@H](C=O)CC(=O)c1c(C)nc2c(OCc3c(F)cccc3F)cccn12. The van der Waals surface area contributed by atoms with Crippen molar-refractivity contribution in [1.29, 1.82) is 0 Å². The summed E-state index contributed by atoms with van der Waals surface area (Å²) in [6, 6.07) is 6.93. The van der Waals surface area contributed by atoms with Crippen LogP contribution in [-0.2, 0) is 11.4 Å². The standard InChI is InChI=1S/C23H24F2N2O3/c1-3-4-7-16(13-28)12-20(29)22-15(2)26-23-21(10-6-11-27(22)23)30-14-17-18(24)8-5-9-19(17)25/h5-6,8-11,13,16H,3-4,7,12,14H2,1-2H3/t16-/m0/s1. The topological polar surface area (TPSA) is 60.7 Å². The Labute approximate surface area is 173 Å². The molecule has 0 aliphatic rings. The number of aromatic nitrogens is 2. The second kappa shape index (κ2) is 9.61. The molecule has 0 bridgehead atoms. The Morgan fingerprint density at radius 3 is 2.63 bits per heavy atom. The van der Waals surface area contributed by atoms with Gasteiger partial charge >= 0.3 is 0 Å². The fraction of sp³-hybridized carbons (Fsp3) is 0.348. The molecule has 3 aromatic rings. The minimum atomic E-state index is -0.690. The molecule has 5 nitrogen and oxygen atoms in total. The molecule has 7 heteroatoms. The number of carbonyl (C=O) groups excluding carboxylic acids is 2. The van der Waals surface area contributed by atoms with E-state index in [4.69, 9.17) is 4.74 Å². The third-order valence-corrected chi connectivity index (χ3v) is 5.05. The van der Waals surface area contributed by atoms with Crippen molar-refractivity contribution in [2.45, 2.75) is 46.1 Å². The van der Waals surface area contributed by atoms with Crippen LogP contribution in [-0.4, -0.2) is 21.5 Å². The molecule has 0 aliphatic carbocycles. The van der Waals surface area contributed by atoms with Crippen molar-refractivity contribution in [2.24, 2.45) is 5.92 Å². The summed E-state index contributed by atoms with van der Waals surface area (Å²) in [5, 5.41) is 0. The van der Waals surface area contributed by atoms with E-state index in [2.05, 4.69) is 4.98 Å². The molecule has 0 aliphatic heterocycles. The van der Waals surface area contributed by atoms with E-state index in [-0.39, 0.29) is 30.3 Å². The minimum Gasteiger partial charge on any atom is -0.485 e. The Morgan fingerprint density at radius 1 is 1.23 bits per heavy atom. The third kappa shape index (κ3) is 4.56. The van der Waals surface area contributed by atoms with Gasteiger partial charge in [-0.3, -0.25) is 9.20 Å². The van der Waals surface area contributed by atoms with Gasteiger partial charge in [-0.15, -0.1) is 0 Å². The predicted molar refractivity (Wildman–Crippen MR) is 109 cm³/mol. The highest BCUT2D eigenvalue weighted by atomic mass is 19.1. The van der Waals surface area contributed by atoms with Crippen LogP contribution in [0.3, 0.4) is 0 Å². The number of hydrogen-bond donors (Lipinski definition) is 0. The van der Waals surface area contributed by atoms with E-state index >= 15 is 0 Å². The van der Waals surface area contributed by atoms with E-state index in [1.807, 2.05) is 6.92 Å². The molecule has 2 aromatic heterocycles. The zero-order valence-corrected chi connectivity index (χ0v) is 17.0. The summed E-state index contributed by atoms with van der Waals surface area (Å²) in [6.07, 6.45) is 5.14. The highest BCUT2D eigenvalue weighted by Gasteiger charge is 2.22. The molecule has 1 aromatic carbocycles. The van der Waals surface area contributed by atoms with Crippen LogP contribution in [0.2, 0.25) is 0 Å². The van der Waals surface area contributed by atoms with Gasteiger partial charge < -0.3 is 9.53 Å². The number of nitrogens with zero attached hydrogens (tertiary/aromatic N) is 2. The summed E-state index contributed by atoms with van der Waals surface area (Å²) >= 11 is 0.